The predicted molar refractivity (Wildman–Crippen MR) is 102 cm³/mol. The Labute approximate surface area is 162 Å². The maximum atomic E-state index is 12.4. The van der Waals surface area contributed by atoms with Crippen molar-refractivity contribution in [1.29, 1.82) is 0 Å². The van der Waals surface area contributed by atoms with Crippen LogP contribution in [0.15, 0.2) is 48.5 Å². The minimum atomic E-state index is -0.992. The van der Waals surface area contributed by atoms with Gasteiger partial charge in [0.15, 0.2) is 0 Å². The van der Waals surface area contributed by atoms with Crippen molar-refractivity contribution in [3.8, 4) is 11.4 Å². The summed E-state index contributed by atoms with van der Waals surface area (Å²) in [5, 5.41) is 24.1. The zero-order chi connectivity index (χ0) is 20.1. The number of rotatable bonds is 7. The van der Waals surface area contributed by atoms with Gasteiger partial charge in [-0.2, -0.15) is 4.80 Å². The molecule has 8 heteroatoms. The Balaban J connectivity index is 1.70. The van der Waals surface area contributed by atoms with E-state index in [9.17, 15) is 14.7 Å². The van der Waals surface area contributed by atoms with Crippen molar-refractivity contribution < 1.29 is 14.7 Å². The minimum absolute atomic E-state index is 0.152. The zero-order valence-corrected chi connectivity index (χ0v) is 15.7. The molecule has 1 atom stereocenters. The van der Waals surface area contributed by atoms with E-state index in [0.717, 1.165) is 22.3 Å². The molecule has 28 heavy (non-hydrogen) atoms. The van der Waals surface area contributed by atoms with Gasteiger partial charge < -0.3 is 10.4 Å². The summed E-state index contributed by atoms with van der Waals surface area (Å²) in [6.07, 6.45) is -0.212. The number of aromatic nitrogens is 4. The quantitative estimate of drug-likeness (QED) is 0.652. The van der Waals surface area contributed by atoms with Gasteiger partial charge in [-0.3, -0.25) is 9.59 Å². The summed E-state index contributed by atoms with van der Waals surface area (Å²) in [5.74, 6) is -0.953. The summed E-state index contributed by atoms with van der Waals surface area (Å²) in [6, 6.07) is 14.4. The summed E-state index contributed by atoms with van der Waals surface area (Å²) < 4.78 is 0. The van der Waals surface area contributed by atoms with Crippen molar-refractivity contribution in [1.82, 2.24) is 25.5 Å². The summed E-state index contributed by atoms with van der Waals surface area (Å²) in [5.41, 5.74) is 3.61. The molecule has 0 aliphatic heterocycles. The first kappa shape index (κ1) is 19.2. The average molecular weight is 379 g/mol. The van der Waals surface area contributed by atoms with Gasteiger partial charge in [0.05, 0.1) is 12.5 Å². The van der Waals surface area contributed by atoms with Crippen molar-refractivity contribution in [2.75, 3.05) is 0 Å². The lowest BCUT2D eigenvalue weighted by atomic mass is 9.99. The molecule has 0 aliphatic rings. The van der Waals surface area contributed by atoms with Gasteiger partial charge in [0.1, 0.15) is 6.54 Å². The van der Waals surface area contributed by atoms with Crippen LogP contribution in [0.3, 0.4) is 0 Å². The van der Waals surface area contributed by atoms with Gasteiger partial charge in [-0.05, 0) is 30.2 Å². The number of aliphatic carboxylic acids is 1. The highest BCUT2D eigenvalue weighted by Gasteiger charge is 2.20. The molecule has 1 unspecified atom stereocenters. The van der Waals surface area contributed by atoms with E-state index in [1.165, 1.54) is 4.80 Å². The molecule has 0 saturated heterocycles. The van der Waals surface area contributed by atoms with Crippen LogP contribution in [0.1, 0.15) is 29.2 Å². The smallest absolute Gasteiger partial charge is 0.305 e. The molecule has 0 spiro atoms. The maximum Gasteiger partial charge on any atom is 0.305 e. The second kappa shape index (κ2) is 8.43. The number of carboxylic acids is 1. The van der Waals surface area contributed by atoms with Crippen LogP contribution in [-0.2, 0) is 16.1 Å². The molecule has 3 rings (SSSR count). The van der Waals surface area contributed by atoms with Crippen LogP contribution in [0.25, 0.3) is 11.4 Å². The molecular weight excluding hydrogens is 358 g/mol. The van der Waals surface area contributed by atoms with E-state index in [1.54, 1.807) is 0 Å². The number of nitrogens with one attached hydrogen (secondary N) is 1. The largest absolute Gasteiger partial charge is 0.481 e. The first-order chi connectivity index (χ1) is 13.4. The molecular formula is C20H21N5O3. The fourth-order valence-electron chi connectivity index (χ4n) is 2.89. The Morgan fingerprint density at radius 3 is 2.50 bits per heavy atom. The predicted octanol–water partition coefficient (Wildman–Crippen LogP) is 2.29. The Hall–Kier alpha value is -3.55. The van der Waals surface area contributed by atoms with Crippen molar-refractivity contribution in [3.05, 3.63) is 65.2 Å². The molecule has 144 valence electrons. The molecule has 1 aromatic heterocycles. The van der Waals surface area contributed by atoms with Crippen LogP contribution in [-0.4, -0.2) is 37.2 Å². The van der Waals surface area contributed by atoms with Crippen molar-refractivity contribution in [2.24, 2.45) is 0 Å². The molecule has 3 aromatic rings. The van der Waals surface area contributed by atoms with Crippen molar-refractivity contribution in [3.63, 3.8) is 0 Å². The Kier molecular flexibility index (Phi) is 5.78. The number of carboxylic acid groups (broad SMARTS) is 1. The van der Waals surface area contributed by atoms with Crippen LogP contribution in [0.2, 0.25) is 0 Å². The highest BCUT2D eigenvalue weighted by atomic mass is 16.4. The number of benzene rings is 2. The third kappa shape index (κ3) is 4.79. The third-order valence-electron chi connectivity index (χ3n) is 4.33. The molecule has 0 bridgehead atoms. The number of tetrazole rings is 1. The lowest BCUT2D eigenvalue weighted by Crippen LogP contribution is -2.33. The van der Waals surface area contributed by atoms with Gasteiger partial charge in [-0.25, -0.2) is 0 Å². The van der Waals surface area contributed by atoms with E-state index in [4.69, 9.17) is 0 Å². The van der Waals surface area contributed by atoms with Gasteiger partial charge in [0, 0.05) is 5.56 Å². The minimum Gasteiger partial charge on any atom is -0.481 e. The number of aryl methyl sites for hydroxylation is 2. The molecule has 0 radical (unpaired) electrons. The van der Waals surface area contributed by atoms with E-state index >= 15 is 0 Å². The highest BCUT2D eigenvalue weighted by Crippen LogP contribution is 2.20. The Morgan fingerprint density at radius 2 is 1.82 bits per heavy atom. The SMILES string of the molecule is Cc1ccc(-c2nnn(CC(=O)NC(CC(=O)O)c3ccccc3C)n2)cc1. The topological polar surface area (TPSA) is 110 Å². The van der Waals surface area contributed by atoms with E-state index < -0.39 is 12.0 Å². The number of amides is 1. The van der Waals surface area contributed by atoms with E-state index in [2.05, 4.69) is 20.7 Å². The van der Waals surface area contributed by atoms with Crippen LogP contribution in [0, 0.1) is 13.8 Å². The number of hydrogen-bond acceptors (Lipinski definition) is 5. The molecule has 0 fully saturated rings. The van der Waals surface area contributed by atoms with Gasteiger partial charge in [-0.1, -0.05) is 54.1 Å². The van der Waals surface area contributed by atoms with E-state index in [1.807, 2.05) is 62.4 Å². The second-order valence-electron chi connectivity index (χ2n) is 6.58. The number of nitrogens with zero attached hydrogens (tertiary/aromatic N) is 4. The fourth-order valence-corrected chi connectivity index (χ4v) is 2.89. The van der Waals surface area contributed by atoms with E-state index in [0.29, 0.717) is 5.82 Å². The number of hydrogen-bond donors (Lipinski definition) is 2. The maximum absolute atomic E-state index is 12.4. The van der Waals surface area contributed by atoms with Gasteiger partial charge in [0.25, 0.3) is 0 Å². The summed E-state index contributed by atoms with van der Waals surface area (Å²) in [6.45, 7) is 3.71. The molecule has 8 nitrogen and oxygen atoms in total. The number of carbonyl (C=O) groups is 2. The monoisotopic (exact) mass is 379 g/mol. The summed E-state index contributed by atoms with van der Waals surface area (Å²) in [4.78, 5) is 24.9. The molecule has 0 saturated carbocycles. The Bertz CT molecular complexity index is 982. The average Bonchev–Trinajstić information content (AvgIpc) is 3.10. The lowest BCUT2D eigenvalue weighted by Gasteiger charge is -2.19. The summed E-state index contributed by atoms with van der Waals surface area (Å²) >= 11 is 0. The Morgan fingerprint density at radius 1 is 1.11 bits per heavy atom. The second-order valence-corrected chi connectivity index (χ2v) is 6.58. The normalized spacial score (nSPS) is 11.8. The van der Waals surface area contributed by atoms with Gasteiger partial charge in [-0.15, -0.1) is 10.2 Å². The van der Waals surface area contributed by atoms with Gasteiger partial charge in [0.2, 0.25) is 11.7 Å². The zero-order valence-electron chi connectivity index (χ0n) is 15.7. The molecule has 1 heterocycles. The summed E-state index contributed by atoms with van der Waals surface area (Å²) in [7, 11) is 0. The van der Waals surface area contributed by atoms with Crippen LogP contribution >= 0.6 is 0 Å². The first-order valence-electron chi connectivity index (χ1n) is 8.84. The van der Waals surface area contributed by atoms with Crippen LogP contribution in [0.4, 0.5) is 0 Å². The highest BCUT2D eigenvalue weighted by molar-refractivity contribution is 5.77. The third-order valence-corrected chi connectivity index (χ3v) is 4.33. The molecule has 2 aromatic carbocycles. The van der Waals surface area contributed by atoms with Crippen molar-refractivity contribution >= 4 is 11.9 Å². The molecule has 1 amide bonds. The molecule has 0 aliphatic carbocycles. The van der Waals surface area contributed by atoms with E-state index in [-0.39, 0.29) is 18.9 Å². The van der Waals surface area contributed by atoms with Gasteiger partial charge >= 0.3 is 5.97 Å². The molecule has 2 N–H and O–H groups in total. The standard InChI is InChI=1S/C20H21N5O3/c1-13-7-9-15(10-8-13)20-22-24-25(23-20)12-18(26)21-17(11-19(27)28)16-6-4-3-5-14(16)2/h3-10,17H,11-12H2,1-2H3,(H,21,26)(H,27,28). The van der Waals surface area contributed by atoms with Crippen LogP contribution < -0.4 is 5.32 Å². The van der Waals surface area contributed by atoms with Crippen LogP contribution in [0.5, 0.6) is 0 Å². The first-order valence-corrected chi connectivity index (χ1v) is 8.84. The van der Waals surface area contributed by atoms with Crippen molar-refractivity contribution in [2.45, 2.75) is 32.9 Å². The lowest BCUT2D eigenvalue weighted by molar-refractivity contribution is -0.137. The number of carbonyl (C=O) groups excluding carboxylic acids is 1. The fraction of sp³-hybridized carbons (Fsp3) is 0.250.